The van der Waals surface area contributed by atoms with Crippen LogP contribution in [0.1, 0.15) is 23.9 Å². The average Bonchev–Trinajstić information content (AvgIpc) is 2.13. The van der Waals surface area contributed by atoms with Crippen molar-refractivity contribution in [2.75, 3.05) is 0 Å². The molecule has 0 aromatic carbocycles. The van der Waals surface area contributed by atoms with Crippen LogP contribution in [0.15, 0.2) is 12.1 Å². The number of allylic oxidation sites excluding steroid dienone is 1. The maximum absolute atomic E-state index is 3.24. The summed E-state index contributed by atoms with van der Waals surface area (Å²) < 4.78 is 0. The molecule has 1 N–H and O–H groups in total. The first-order valence-corrected chi connectivity index (χ1v) is 3.53. The van der Waals surface area contributed by atoms with Crippen molar-refractivity contribution in [3.05, 3.63) is 29.1 Å². The fraction of sp³-hybridized carbons (Fsp3) is 0.333. The van der Waals surface area contributed by atoms with Crippen molar-refractivity contribution in [1.29, 1.82) is 0 Å². The van der Waals surface area contributed by atoms with Crippen LogP contribution in [0.5, 0.6) is 0 Å². The molecule has 0 saturated carbocycles. The third-order valence-corrected chi connectivity index (χ3v) is 1.54. The predicted molar refractivity (Wildman–Crippen MR) is 45.0 cm³/mol. The van der Waals surface area contributed by atoms with Crippen LogP contribution in [0.25, 0.3) is 6.08 Å². The van der Waals surface area contributed by atoms with E-state index in [1.165, 1.54) is 17.0 Å². The lowest BCUT2D eigenvalue weighted by Crippen LogP contribution is -1.72. The van der Waals surface area contributed by atoms with Gasteiger partial charge in [0.15, 0.2) is 0 Å². The van der Waals surface area contributed by atoms with E-state index in [1.54, 1.807) is 0 Å². The van der Waals surface area contributed by atoms with Gasteiger partial charge < -0.3 is 4.98 Å². The van der Waals surface area contributed by atoms with Crippen molar-refractivity contribution >= 4 is 6.08 Å². The van der Waals surface area contributed by atoms with Crippen molar-refractivity contribution in [1.82, 2.24) is 4.98 Å². The molecule has 0 atom stereocenters. The summed E-state index contributed by atoms with van der Waals surface area (Å²) in [6.07, 6.45) is 4.16. The van der Waals surface area contributed by atoms with Gasteiger partial charge >= 0.3 is 0 Å². The van der Waals surface area contributed by atoms with Gasteiger partial charge in [0.05, 0.1) is 0 Å². The quantitative estimate of drug-likeness (QED) is 0.609. The normalized spacial score (nSPS) is 11.1. The molecule has 0 aliphatic rings. The zero-order valence-corrected chi connectivity index (χ0v) is 6.73. The third-order valence-electron chi connectivity index (χ3n) is 1.54. The van der Waals surface area contributed by atoms with E-state index in [9.17, 15) is 0 Å². The first kappa shape index (κ1) is 7.13. The number of aromatic nitrogens is 1. The van der Waals surface area contributed by atoms with E-state index in [2.05, 4.69) is 37.0 Å². The smallest absolute Gasteiger partial charge is 0.0191 e. The Morgan fingerprint density at radius 3 is 2.50 bits per heavy atom. The largest absolute Gasteiger partial charge is 0.362 e. The first-order valence-electron chi connectivity index (χ1n) is 3.53. The Kier molecular flexibility index (Phi) is 1.95. The predicted octanol–water partition coefficient (Wildman–Crippen LogP) is 2.66. The summed E-state index contributed by atoms with van der Waals surface area (Å²) in [5.41, 5.74) is 3.77. The second-order valence-electron chi connectivity index (χ2n) is 2.53. The van der Waals surface area contributed by atoms with Crippen LogP contribution in [0.2, 0.25) is 0 Å². The number of aryl methyl sites for hydroxylation is 2. The van der Waals surface area contributed by atoms with Crippen molar-refractivity contribution in [2.45, 2.75) is 20.8 Å². The maximum Gasteiger partial charge on any atom is 0.0191 e. The molecule has 0 unspecified atom stereocenters. The summed E-state index contributed by atoms with van der Waals surface area (Å²) in [6, 6.07) is 2.15. The molecule has 10 heavy (non-hydrogen) atoms. The van der Waals surface area contributed by atoms with Crippen LogP contribution >= 0.6 is 0 Å². The van der Waals surface area contributed by atoms with Crippen LogP contribution in [-0.2, 0) is 0 Å². The minimum Gasteiger partial charge on any atom is -0.362 e. The van der Waals surface area contributed by atoms with Gasteiger partial charge in [-0.3, -0.25) is 0 Å². The zero-order valence-electron chi connectivity index (χ0n) is 6.73. The van der Waals surface area contributed by atoms with Gasteiger partial charge in [0.2, 0.25) is 0 Å². The topological polar surface area (TPSA) is 15.8 Å². The Morgan fingerprint density at radius 2 is 2.10 bits per heavy atom. The molecule has 0 aliphatic carbocycles. The highest BCUT2D eigenvalue weighted by Gasteiger charge is 1.95. The Morgan fingerprint density at radius 1 is 1.40 bits per heavy atom. The number of nitrogens with one attached hydrogen (secondary N) is 1. The third kappa shape index (κ3) is 1.29. The molecule has 1 nitrogen and oxygen atoms in total. The Hall–Kier alpha value is -0.980. The zero-order chi connectivity index (χ0) is 7.56. The number of hydrogen-bond acceptors (Lipinski definition) is 0. The molecule has 0 fully saturated rings. The van der Waals surface area contributed by atoms with Gasteiger partial charge in [-0.25, -0.2) is 0 Å². The summed E-state index contributed by atoms with van der Waals surface area (Å²) in [5, 5.41) is 0. The van der Waals surface area contributed by atoms with Crippen molar-refractivity contribution in [3.63, 3.8) is 0 Å². The molecule has 1 aromatic heterocycles. The van der Waals surface area contributed by atoms with Crippen molar-refractivity contribution in [2.24, 2.45) is 0 Å². The van der Waals surface area contributed by atoms with E-state index in [-0.39, 0.29) is 0 Å². The summed E-state index contributed by atoms with van der Waals surface area (Å²) >= 11 is 0. The van der Waals surface area contributed by atoms with Crippen LogP contribution in [-0.4, -0.2) is 4.98 Å². The van der Waals surface area contributed by atoms with E-state index >= 15 is 0 Å². The highest BCUT2D eigenvalue weighted by molar-refractivity contribution is 5.52. The first-order chi connectivity index (χ1) is 4.74. The molecule has 0 aliphatic heterocycles. The van der Waals surface area contributed by atoms with Gasteiger partial charge in [-0.2, -0.15) is 0 Å². The second-order valence-corrected chi connectivity index (χ2v) is 2.53. The summed E-state index contributed by atoms with van der Waals surface area (Å²) in [6.45, 7) is 6.18. The van der Waals surface area contributed by atoms with Crippen molar-refractivity contribution in [3.8, 4) is 0 Å². The molecule has 1 aromatic rings. The fourth-order valence-electron chi connectivity index (χ4n) is 1.10. The SMILES string of the molecule is C/C=C\c1cc(C)[nH]c1C. The minimum absolute atomic E-state index is 1.23. The summed E-state index contributed by atoms with van der Waals surface area (Å²) in [7, 11) is 0. The highest BCUT2D eigenvalue weighted by atomic mass is 14.7. The van der Waals surface area contributed by atoms with Crippen LogP contribution in [0.3, 0.4) is 0 Å². The summed E-state index contributed by atoms with van der Waals surface area (Å²) in [4.78, 5) is 3.24. The van der Waals surface area contributed by atoms with E-state index in [4.69, 9.17) is 0 Å². The van der Waals surface area contributed by atoms with E-state index in [0.29, 0.717) is 0 Å². The minimum atomic E-state index is 1.23. The molecule has 0 radical (unpaired) electrons. The molecule has 1 rings (SSSR count). The maximum atomic E-state index is 3.24. The number of H-pyrrole nitrogens is 1. The van der Waals surface area contributed by atoms with Gasteiger partial charge in [-0.05, 0) is 32.4 Å². The van der Waals surface area contributed by atoms with Crippen molar-refractivity contribution < 1.29 is 0 Å². The monoisotopic (exact) mass is 135 g/mol. The lowest BCUT2D eigenvalue weighted by molar-refractivity contribution is 1.19. The number of aromatic amines is 1. The van der Waals surface area contributed by atoms with Gasteiger partial charge in [-0.15, -0.1) is 0 Å². The molecule has 0 saturated heterocycles. The van der Waals surface area contributed by atoms with Gasteiger partial charge in [0, 0.05) is 11.4 Å². The van der Waals surface area contributed by atoms with Crippen LogP contribution < -0.4 is 0 Å². The van der Waals surface area contributed by atoms with Crippen LogP contribution in [0.4, 0.5) is 0 Å². The lowest BCUT2D eigenvalue weighted by atomic mass is 10.2. The number of hydrogen-bond donors (Lipinski definition) is 1. The van der Waals surface area contributed by atoms with E-state index in [0.717, 1.165) is 0 Å². The molecule has 0 spiro atoms. The van der Waals surface area contributed by atoms with E-state index < -0.39 is 0 Å². The van der Waals surface area contributed by atoms with Crippen LogP contribution in [0, 0.1) is 13.8 Å². The summed E-state index contributed by atoms with van der Waals surface area (Å²) in [5.74, 6) is 0. The molecule has 1 heteroatoms. The lowest BCUT2D eigenvalue weighted by Gasteiger charge is -1.85. The molecular weight excluding hydrogens is 122 g/mol. The molecule has 0 amide bonds. The second kappa shape index (κ2) is 2.74. The number of rotatable bonds is 1. The van der Waals surface area contributed by atoms with Gasteiger partial charge in [0.1, 0.15) is 0 Å². The Balaban J connectivity index is 3.03. The highest BCUT2D eigenvalue weighted by Crippen LogP contribution is 2.10. The Bertz CT molecular complexity index is 243. The average molecular weight is 135 g/mol. The fourth-order valence-corrected chi connectivity index (χ4v) is 1.10. The molecular formula is C9H13N. The van der Waals surface area contributed by atoms with E-state index in [1.807, 2.05) is 6.92 Å². The molecule has 54 valence electrons. The van der Waals surface area contributed by atoms with Gasteiger partial charge in [-0.1, -0.05) is 12.2 Å². The molecule has 0 bridgehead atoms. The van der Waals surface area contributed by atoms with Gasteiger partial charge in [0.25, 0.3) is 0 Å². The standard InChI is InChI=1S/C9H13N/c1-4-5-9-6-7(2)10-8(9)3/h4-6,10H,1-3H3/b5-4-. The molecule has 1 heterocycles. The Labute approximate surface area is 61.8 Å².